The summed E-state index contributed by atoms with van der Waals surface area (Å²) < 4.78 is 0. The molecule has 24 heavy (non-hydrogen) atoms. The molecule has 1 aromatic heterocycles. The van der Waals surface area contributed by atoms with E-state index in [4.69, 9.17) is 0 Å². The first-order valence-electron chi connectivity index (χ1n) is 8.71. The van der Waals surface area contributed by atoms with Gasteiger partial charge in [0.1, 0.15) is 0 Å². The van der Waals surface area contributed by atoms with Gasteiger partial charge in [0.25, 0.3) is 0 Å². The highest BCUT2D eigenvalue weighted by atomic mass is 127. The molecule has 1 saturated carbocycles. The minimum atomic E-state index is 0. The summed E-state index contributed by atoms with van der Waals surface area (Å²) in [4.78, 5) is 8.71. The van der Waals surface area contributed by atoms with Gasteiger partial charge in [0.05, 0.1) is 0 Å². The van der Waals surface area contributed by atoms with Crippen LogP contribution in [0.4, 0.5) is 0 Å². The predicted molar refractivity (Wildman–Crippen MR) is 117 cm³/mol. The maximum Gasteiger partial charge on any atom is 0.191 e. The van der Waals surface area contributed by atoms with Crippen LogP contribution in [0.3, 0.4) is 0 Å². The third-order valence-electron chi connectivity index (χ3n) is 4.27. The Bertz CT molecular complexity index is 490. The molecule has 0 aromatic carbocycles. The van der Waals surface area contributed by atoms with Gasteiger partial charge >= 0.3 is 0 Å². The van der Waals surface area contributed by atoms with Crippen molar-refractivity contribution in [1.29, 1.82) is 0 Å². The normalized spacial score (nSPS) is 21.0. The molecule has 0 radical (unpaired) electrons. The molecule has 136 valence electrons. The van der Waals surface area contributed by atoms with Crippen LogP contribution in [0.1, 0.15) is 43.9 Å². The Kier molecular flexibility index (Phi) is 10.7. The van der Waals surface area contributed by atoms with Crippen molar-refractivity contribution in [2.24, 2.45) is 4.99 Å². The van der Waals surface area contributed by atoms with Crippen LogP contribution in [-0.4, -0.2) is 41.6 Å². The Morgan fingerprint density at radius 1 is 1.38 bits per heavy atom. The van der Waals surface area contributed by atoms with Gasteiger partial charge in [-0.1, -0.05) is 19.4 Å². The summed E-state index contributed by atoms with van der Waals surface area (Å²) in [5, 5.41) is 7.84. The molecule has 0 amide bonds. The molecule has 2 N–H and O–H groups in total. The zero-order valence-electron chi connectivity index (χ0n) is 15.0. The summed E-state index contributed by atoms with van der Waals surface area (Å²) in [7, 11) is 1.85. The van der Waals surface area contributed by atoms with E-state index in [0.717, 1.165) is 29.9 Å². The number of hydrogen-bond acceptors (Lipinski definition) is 3. The second-order valence-electron chi connectivity index (χ2n) is 6.14. The molecule has 1 heterocycles. The lowest BCUT2D eigenvalue weighted by Crippen LogP contribution is -2.46. The Labute approximate surface area is 168 Å². The van der Waals surface area contributed by atoms with Crippen molar-refractivity contribution in [2.45, 2.75) is 57.2 Å². The van der Waals surface area contributed by atoms with Gasteiger partial charge in [-0.25, -0.2) is 0 Å². The molecule has 0 spiro atoms. The van der Waals surface area contributed by atoms with Crippen molar-refractivity contribution in [3.05, 3.63) is 29.6 Å². The Balaban J connectivity index is 0.00000288. The number of halogens is 1. The van der Waals surface area contributed by atoms with Crippen molar-refractivity contribution in [2.75, 3.05) is 19.3 Å². The standard InChI is InChI=1S/C18H30N4S.HI/c1-4-23-17-7-5-6-16(12-17)22-18(19-3)20-11-10-15-9-8-14(2)21-13-15;/h8-9,13,16-17H,4-7,10-12H2,1-3H3,(H2,19,20,22);1H. The fraction of sp³-hybridized carbons (Fsp3) is 0.667. The second kappa shape index (κ2) is 12.0. The number of rotatable bonds is 6. The molecule has 0 aliphatic heterocycles. The third kappa shape index (κ3) is 7.59. The number of nitrogens with one attached hydrogen (secondary N) is 2. The fourth-order valence-corrected chi connectivity index (χ4v) is 4.20. The van der Waals surface area contributed by atoms with E-state index in [0.29, 0.717) is 6.04 Å². The first-order chi connectivity index (χ1) is 11.2. The van der Waals surface area contributed by atoms with Gasteiger partial charge in [0.2, 0.25) is 0 Å². The lowest BCUT2D eigenvalue weighted by Gasteiger charge is -2.30. The second-order valence-corrected chi connectivity index (χ2v) is 7.72. The van der Waals surface area contributed by atoms with Gasteiger partial charge in [-0.15, -0.1) is 24.0 Å². The highest BCUT2D eigenvalue weighted by molar-refractivity contribution is 14.0. The monoisotopic (exact) mass is 462 g/mol. The topological polar surface area (TPSA) is 49.3 Å². The van der Waals surface area contributed by atoms with Crippen LogP contribution in [-0.2, 0) is 6.42 Å². The number of guanidine groups is 1. The summed E-state index contributed by atoms with van der Waals surface area (Å²) in [5.74, 6) is 2.15. The number of pyridine rings is 1. The summed E-state index contributed by atoms with van der Waals surface area (Å²) in [6.45, 7) is 5.15. The van der Waals surface area contributed by atoms with Crippen LogP contribution in [0.15, 0.2) is 23.3 Å². The van der Waals surface area contributed by atoms with E-state index in [9.17, 15) is 0 Å². The van der Waals surface area contributed by atoms with Crippen LogP contribution in [0.5, 0.6) is 0 Å². The van der Waals surface area contributed by atoms with E-state index in [2.05, 4.69) is 51.4 Å². The quantitative estimate of drug-likeness (QED) is 0.384. The predicted octanol–water partition coefficient (Wildman–Crippen LogP) is 3.78. The molecular weight excluding hydrogens is 431 g/mol. The van der Waals surface area contributed by atoms with Crippen LogP contribution in [0, 0.1) is 6.92 Å². The number of aryl methyl sites for hydroxylation is 1. The summed E-state index contributed by atoms with van der Waals surface area (Å²) in [6.07, 6.45) is 8.11. The Morgan fingerprint density at radius 2 is 2.21 bits per heavy atom. The zero-order chi connectivity index (χ0) is 16.5. The minimum Gasteiger partial charge on any atom is -0.356 e. The lowest BCUT2D eigenvalue weighted by atomic mass is 9.95. The van der Waals surface area contributed by atoms with E-state index >= 15 is 0 Å². The van der Waals surface area contributed by atoms with Crippen molar-refractivity contribution < 1.29 is 0 Å². The molecule has 1 fully saturated rings. The number of hydrogen-bond donors (Lipinski definition) is 2. The molecule has 0 bridgehead atoms. The first-order valence-corrected chi connectivity index (χ1v) is 9.76. The third-order valence-corrected chi connectivity index (χ3v) is 5.50. The highest BCUT2D eigenvalue weighted by Gasteiger charge is 2.22. The van der Waals surface area contributed by atoms with Crippen molar-refractivity contribution in [3.63, 3.8) is 0 Å². The molecule has 2 atom stereocenters. The van der Waals surface area contributed by atoms with Crippen molar-refractivity contribution >= 4 is 41.7 Å². The summed E-state index contributed by atoms with van der Waals surface area (Å²) in [5.41, 5.74) is 2.33. The van der Waals surface area contributed by atoms with E-state index in [1.54, 1.807) is 0 Å². The number of aliphatic imine (C=N–C) groups is 1. The average molecular weight is 462 g/mol. The Hall–Kier alpha value is -0.500. The number of nitrogens with zero attached hydrogens (tertiary/aromatic N) is 2. The maximum atomic E-state index is 4.37. The van der Waals surface area contributed by atoms with Gasteiger partial charge in [0.15, 0.2) is 5.96 Å². The van der Waals surface area contributed by atoms with Crippen LogP contribution in [0.25, 0.3) is 0 Å². The molecular formula is C18H31IN4S. The Morgan fingerprint density at radius 3 is 2.88 bits per heavy atom. The van der Waals surface area contributed by atoms with Crippen LogP contribution >= 0.6 is 35.7 Å². The smallest absolute Gasteiger partial charge is 0.191 e. The van der Waals surface area contributed by atoms with E-state index < -0.39 is 0 Å². The lowest BCUT2D eigenvalue weighted by molar-refractivity contribution is 0.419. The molecule has 2 unspecified atom stereocenters. The van der Waals surface area contributed by atoms with Gasteiger partial charge < -0.3 is 10.6 Å². The van der Waals surface area contributed by atoms with Gasteiger partial charge in [0, 0.05) is 36.8 Å². The highest BCUT2D eigenvalue weighted by Crippen LogP contribution is 2.28. The molecule has 1 aliphatic carbocycles. The van der Waals surface area contributed by atoms with Crippen LogP contribution in [0.2, 0.25) is 0 Å². The summed E-state index contributed by atoms with van der Waals surface area (Å²) >= 11 is 2.10. The van der Waals surface area contributed by atoms with E-state index in [1.807, 2.05) is 20.2 Å². The molecule has 4 nitrogen and oxygen atoms in total. The maximum absolute atomic E-state index is 4.37. The largest absolute Gasteiger partial charge is 0.356 e. The summed E-state index contributed by atoms with van der Waals surface area (Å²) in [6, 6.07) is 4.77. The van der Waals surface area contributed by atoms with Crippen molar-refractivity contribution in [1.82, 2.24) is 15.6 Å². The van der Waals surface area contributed by atoms with E-state index in [1.165, 1.54) is 37.0 Å². The number of aromatic nitrogens is 1. The number of thioether (sulfide) groups is 1. The molecule has 1 aromatic rings. The fourth-order valence-electron chi connectivity index (χ4n) is 3.02. The first kappa shape index (κ1) is 21.5. The molecule has 1 aliphatic rings. The van der Waals surface area contributed by atoms with Crippen molar-refractivity contribution in [3.8, 4) is 0 Å². The average Bonchev–Trinajstić information content (AvgIpc) is 2.56. The molecule has 6 heteroatoms. The molecule has 0 saturated heterocycles. The zero-order valence-corrected chi connectivity index (χ0v) is 18.2. The van der Waals surface area contributed by atoms with Crippen LogP contribution < -0.4 is 10.6 Å². The van der Waals surface area contributed by atoms with Gasteiger partial charge in [-0.2, -0.15) is 11.8 Å². The minimum absolute atomic E-state index is 0. The van der Waals surface area contributed by atoms with Gasteiger partial charge in [-0.05, 0) is 50.0 Å². The van der Waals surface area contributed by atoms with Gasteiger partial charge in [-0.3, -0.25) is 9.98 Å². The SMILES string of the molecule is CCSC1CCCC(NC(=NC)NCCc2ccc(C)nc2)C1.I. The molecule has 2 rings (SSSR count). The van der Waals surface area contributed by atoms with E-state index in [-0.39, 0.29) is 24.0 Å².